The van der Waals surface area contributed by atoms with Gasteiger partial charge >= 0.3 is 12.3 Å². The van der Waals surface area contributed by atoms with Crippen LogP contribution < -0.4 is 10.6 Å². The van der Waals surface area contributed by atoms with Gasteiger partial charge in [0.1, 0.15) is 29.7 Å². The van der Waals surface area contributed by atoms with Crippen molar-refractivity contribution in [2.75, 3.05) is 6.61 Å². The molecule has 2 atom stereocenters. The Bertz CT molecular complexity index is 1990. The van der Waals surface area contributed by atoms with Crippen molar-refractivity contribution in [2.45, 2.75) is 68.5 Å². The molecular formula is C33H30ClF6N9O3. The van der Waals surface area contributed by atoms with Gasteiger partial charge in [0.05, 0.1) is 28.6 Å². The van der Waals surface area contributed by atoms with Crippen LogP contribution in [0.4, 0.5) is 31.1 Å². The number of nitrogens with one attached hydrogen (secondary N) is 3. The summed E-state index contributed by atoms with van der Waals surface area (Å²) in [7, 11) is 0. The first kappa shape index (κ1) is 36.5. The first-order chi connectivity index (χ1) is 24.4. The molecule has 2 aromatic carbocycles. The summed E-state index contributed by atoms with van der Waals surface area (Å²) < 4.78 is 90.0. The molecule has 1 saturated carbocycles. The van der Waals surface area contributed by atoms with Crippen LogP contribution in [0.15, 0.2) is 67.4 Å². The van der Waals surface area contributed by atoms with Gasteiger partial charge in [-0.15, -0.1) is 0 Å². The number of halogens is 7. The van der Waals surface area contributed by atoms with Crippen LogP contribution in [-0.4, -0.2) is 71.6 Å². The second-order valence-corrected chi connectivity index (χ2v) is 13.4. The normalized spacial score (nSPS) is 19.1. The molecule has 0 spiro atoms. The molecule has 3 N–H and O–H groups in total. The monoisotopic (exact) mass is 749 g/mol. The number of aromatic nitrogens is 5. The Hall–Kier alpha value is -5.26. The summed E-state index contributed by atoms with van der Waals surface area (Å²) >= 11 is 6.37. The number of alkyl halides is 6. The molecule has 1 saturated heterocycles. The lowest BCUT2D eigenvalue weighted by atomic mass is 9.80. The zero-order valence-corrected chi connectivity index (χ0v) is 28.1. The average molecular weight is 750 g/mol. The van der Waals surface area contributed by atoms with E-state index in [4.69, 9.17) is 21.7 Å². The van der Waals surface area contributed by atoms with Crippen LogP contribution in [0.2, 0.25) is 5.02 Å². The highest BCUT2D eigenvalue weighted by Gasteiger charge is 2.65. The maximum Gasteiger partial charge on any atom is 0.411 e. The Morgan fingerprint density at radius 1 is 1.10 bits per heavy atom. The van der Waals surface area contributed by atoms with Gasteiger partial charge in [0.2, 0.25) is 0 Å². The van der Waals surface area contributed by atoms with E-state index in [0.717, 1.165) is 15.9 Å². The molecule has 6 rings (SSSR count). The highest BCUT2D eigenvalue weighted by Crippen LogP contribution is 2.49. The molecule has 2 fully saturated rings. The minimum Gasteiger partial charge on any atom is -0.447 e. The third-order valence-electron chi connectivity index (χ3n) is 8.75. The second-order valence-electron chi connectivity index (χ2n) is 13.0. The first-order valence-corrected chi connectivity index (χ1v) is 16.1. The molecule has 274 valence electrons. The molecule has 12 nitrogen and oxygen atoms in total. The van der Waals surface area contributed by atoms with Crippen molar-refractivity contribution in [3.8, 4) is 16.9 Å². The average Bonchev–Trinajstić information content (AvgIpc) is 3.63. The minimum atomic E-state index is -4.75. The van der Waals surface area contributed by atoms with E-state index in [1.165, 1.54) is 50.6 Å². The summed E-state index contributed by atoms with van der Waals surface area (Å²) in [6.07, 6.45) is -5.12. The predicted octanol–water partition coefficient (Wildman–Crippen LogP) is 6.58. The molecular weight excluding hydrogens is 720 g/mol. The van der Waals surface area contributed by atoms with Gasteiger partial charge in [0.25, 0.3) is 12.3 Å². The molecule has 0 unspecified atom stereocenters. The maximum atomic E-state index is 15.6. The molecule has 2 amide bonds. The number of benzene rings is 2. The second kappa shape index (κ2) is 13.4. The molecule has 19 heteroatoms. The van der Waals surface area contributed by atoms with Crippen LogP contribution in [0.5, 0.6) is 0 Å². The summed E-state index contributed by atoms with van der Waals surface area (Å²) in [6.45, 7) is 1.66. The lowest BCUT2D eigenvalue weighted by Crippen LogP contribution is -2.49. The van der Waals surface area contributed by atoms with Crippen molar-refractivity contribution in [3.63, 3.8) is 0 Å². The highest BCUT2D eigenvalue weighted by molar-refractivity contribution is 6.32. The van der Waals surface area contributed by atoms with Crippen molar-refractivity contribution in [3.05, 3.63) is 89.4 Å². The Balaban J connectivity index is 1.41. The Labute approximate surface area is 297 Å². The van der Waals surface area contributed by atoms with Crippen molar-refractivity contribution in [1.29, 1.82) is 5.41 Å². The summed E-state index contributed by atoms with van der Waals surface area (Å²) in [4.78, 5) is 40.2. The fraction of sp³-hybridized carbons (Fsp3) is 0.364. The SMILES string of the molecule is CC(C)(F)C[C@]1(c2ccc(-c3cnccn3)cc2)NC(=N)N([C@H](COC(=O)NC2(C(F)(F)F)CC2)c2ccc(Cl)c(-n3ncnc3C(F)F)c2)C1=O. The molecule has 52 heavy (non-hydrogen) atoms. The highest BCUT2D eigenvalue weighted by atomic mass is 35.5. The standard InChI is InChI=1S/C33H30ClF6N9O3/c1-30(2,37)16-32(20-6-3-18(4-7-20)22-14-42-11-12-43-22)27(50)48(28(41)46-32)24(15-52-29(51)47-31(9-10-31)33(38,39)40)19-5-8-21(34)23(13-19)49-26(25(35)36)44-17-45-49/h3-8,11-14,17,24-25H,9-10,15-16H2,1-2H3,(H2,41,46)(H,47,51)/t24-,32-/m1/s1. The zero-order valence-electron chi connectivity index (χ0n) is 27.4. The number of hydrogen-bond acceptors (Lipinski definition) is 8. The number of carbonyl (C=O) groups excluding carboxylic acids is 2. The van der Waals surface area contributed by atoms with Crippen molar-refractivity contribution < 1.29 is 40.7 Å². The van der Waals surface area contributed by atoms with E-state index < -0.39 is 72.2 Å². The smallest absolute Gasteiger partial charge is 0.411 e. The van der Waals surface area contributed by atoms with Crippen LogP contribution in [0.3, 0.4) is 0 Å². The Morgan fingerprint density at radius 3 is 2.40 bits per heavy atom. The third kappa shape index (κ3) is 6.98. The quantitative estimate of drug-likeness (QED) is 0.146. The molecule has 0 bridgehead atoms. The lowest BCUT2D eigenvalue weighted by molar-refractivity contribution is -0.164. The number of rotatable bonds is 11. The van der Waals surface area contributed by atoms with E-state index >= 15 is 4.39 Å². The zero-order chi connectivity index (χ0) is 37.6. The molecule has 1 aliphatic heterocycles. The number of amides is 2. The molecule has 0 radical (unpaired) electrons. The van der Waals surface area contributed by atoms with Gasteiger partial charge in [-0.3, -0.25) is 25.1 Å². The molecule has 2 aliphatic rings. The lowest BCUT2D eigenvalue weighted by Gasteiger charge is -2.33. The van der Waals surface area contributed by atoms with Gasteiger partial charge in [-0.25, -0.2) is 27.6 Å². The van der Waals surface area contributed by atoms with Crippen LogP contribution in [-0.2, 0) is 15.1 Å². The van der Waals surface area contributed by atoms with Gasteiger partial charge in [-0.1, -0.05) is 41.9 Å². The third-order valence-corrected chi connectivity index (χ3v) is 9.07. The van der Waals surface area contributed by atoms with Crippen LogP contribution in [0.25, 0.3) is 16.9 Å². The maximum absolute atomic E-state index is 15.6. The number of carbonyl (C=O) groups is 2. The topological polar surface area (TPSA) is 151 Å². The van der Waals surface area contributed by atoms with Crippen LogP contribution >= 0.6 is 11.6 Å². The summed E-state index contributed by atoms with van der Waals surface area (Å²) in [5, 5.41) is 17.4. The van der Waals surface area contributed by atoms with Crippen molar-refractivity contribution in [1.82, 2.24) is 40.3 Å². The van der Waals surface area contributed by atoms with Gasteiger partial charge < -0.3 is 15.4 Å². The number of alkyl carbamates (subject to hydrolysis) is 1. The molecule has 3 heterocycles. The van der Waals surface area contributed by atoms with E-state index in [1.54, 1.807) is 24.3 Å². The van der Waals surface area contributed by atoms with Crippen LogP contribution in [0.1, 0.15) is 62.5 Å². The Morgan fingerprint density at radius 2 is 1.81 bits per heavy atom. The van der Waals surface area contributed by atoms with Gasteiger partial charge in [0.15, 0.2) is 11.8 Å². The summed E-state index contributed by atoms with van der Waals surface area (Å²) in [6, 6.07) is 8.77. The van der Waals surface area contributed by atoms with Gasteiger partial charge in [-0.05, 0) is 49.9 Å². The molecule has 4 aromatic rings. The summed E-state index contributed by atoms with van der Waals surface area (Å²) in [5.74, 6) is -2.21. The van der Waals surface area contributed by atoms with Crippen molar-refractivity contribution >= 4 is 29.6 Å². The van der Waals surface area contributed by atoms with E-state index in [9.17, 15) is 31.5 Å². The largest absolute Gasteiger partial charge is 0.447 e. The fourth-order valence-corrected chi connectivity index (χ4v) is 6.33. The number of guanidine groups is 1. The fourth-order valence-electron chi connectivity index (χ4n) is 6.14. The Kier molecular flexibility index (Phi) is 9.39. The minimum absolute atomic E-state index is 0.0491. The number of ether oxygens (including phenoxy) is 1. The van der Waals surface area contributed by atoms with E-state index in [0.29, 0.717) is 11.3 Å². The number of hydrogen-bond donors (Lipinski definition) is 3. The summed E-state index contributed by atoms with van der Waals surface area (Å²) in [5.41, 5.74) is -5.07. The number of nitrogens with zero attached hydrogens (tertiary/aromatic N) is 6. The van der Waals surface area contributed by atoms with E-state index in [-0.39, 0.29) is 34.7 Å². The van der Waals surface area contributed by atoms with E-state index in [2.05, 4.69) is 25.4 Å². The van der Waals surface area contributed by atoms with Gasteiger partial charge in [-0.2, -0.15) is 18.3 Å². The molecule has 1 aliphatic carbocycles. The van der Waals surface area contributed by atoms with Crippen LogP contribution in [0, 0.1) is 5.41 Å². The molecule has 2 aromatic heterocycles. The van der Waals surface area contributed by atoms with Gasteiger partial charge in [0, 0.05) is 24.4 Å². The first-order valence-electron chi connectivity index (χ1n) is 15.7. The van der Waals surface area contributed by atoms with E-state index in [1.807, 2.05) is 5.32 Å². The predicted molar refractivity (Wildman–Crippen MR) is 173 cm³/mol. The van der Waals surface area contributed by atoms with Crippen molar-refractivity contribution in [2.24, 2.45) is 0 Å².